The molecule has 0 aliphatic carbocycles. The average Bonchev–Trinajstić information content (AvgIpc) is 3.00. The third-order valence-corrected chi connectivity index (χ3v) is 4.37. The number of aromatic nitrogens is 1. The minimum atomic E-state index is -0.0156. The number of morpholine rings is 1. The van der Waals surface area contributed by atoms with Gasteiger partial charge in [-0.25, -0.2) is 4.98 Å². The molecule has 2 aromatic rings. The minimum Gasteiger partial charge on any atom is -0.447 e. The highest BCUT2D eigenvalue weighted by molar-refractivity contribution is 6.30. The highest BCUT2D eigenvalue weighted by atomic mass is 35.5. The molecule has 3 rings (SSSR count). The van der Waals surface area contributed by atoms with Gasteiger partial charge in [-0.1, -0.05) is 44.5 Å². The lowest BCUT2D eigenvalue weighted by Crippen LogP contribution is -2.39. The van der Waals surface area contributed by atoms with Crippen molar-refractivity contribution < 1.29 is 9.15 Å². The maximum atomic E-state index is 5.97. The molecule has 1 aliphatic heterocycles. The van der Waals surface area contributed by atoms with Crippen LogP contribution < -0.4 is 0 Å². The van der Waals surface area contributed by atoms with Gasteiger partial charge in [-0.3, -0.25) is 4.90 Å². The van der Waals surface area contributed by atoms with Gasteiger partial charge in [0.25, 0.3) is 0 Å². The third kappa shape index (κ3) is 3.94. The van der Waals surface area contributed by atoms with Crippen molar-refractivity contribution in [1.29, 1.82) is 0 Å². The lowest BCUT2D eigenvalue weighted by atomic mass is 9.93. The van der Waals surface area contributed by atoms with E-state index in [0.717, 1.165) is 36.3 Å². The number of rotatable bonds is 3. The van der Waals surface area contributed by atoms with E-state index in [-0.39, 0.29) is 11.5 Å². The molecule has 0 N–H and O–H groups in total. The molecule has 0 amide bonds. The number of oxazole rings is 1. The Labute approximate surface area is 142 Å². The molecule has 5 heteroatoms. The van der Waals surface area contributed by atoms with Crippen molar-refractivity contribution in [3.8, 4) is 0 Å². The van der Waals surface area contributed by atoms with Crippen LogP contribution in [0.25, 0.3) is 0 Å². The van der Waals surface area contributed by atoms with E-state index in [0.29, 0.717) is 6.61 Å². The zero-order valence-corrected chi connectivity index (χ0v) is 14.6. The normalized spacial score (nSPS) is 19.9. The summed E-state index contributed by atoms with van der Waals surface area (Å²) in [5.74, 6) is 0.739. The molecule has 1 aromatic heterocycles. The first-order chi connectivity index (χ1) is 10.9. The topological polar surface area (TPSA) is 38.5 Å². The number of hydrogen-bond acceptors (Lipinski definition) is 4. The van der Waals surface area contributed by atoms with Crippen LogP contribution in [0.2, 0.25) is 5.02 Å². The van der Waals surface area contributed by atoms with Crippen molar-refractivity contribution in [3.63, 3.8) is 0 Å². The number of ether oxygens (including phenoxy) is 1. The standard InChI is InChI=1S/C18H23ClN2O2/c1-18(2,3)16-12-23-17(20-16)15-11-22-9-8-21(15)10-13-4-6-14(19)7-5-13/h4-7,12,15H,8-11H2,1-3H3. The van der Waals surface area contributed by atoms with E-state index in [9.17, 15) is 0 Å². The Hall–Kier alpha value is -1.36. The van der Waals surface area contributed by atoms with Crippen molar-refractivity contribution in [2.24, 2.45) is 0 Å². The highest BCUT2D eigenvalue weighted by Gasteiger charge is 2.30. The van der Waals surface area contributed by atoms with E-state index in [1.165, 1.54) is 5.56 Å². The highest BCUT2D eigenvalue weighted by Crippen LogP contribution is 2.29. The molecule has 2 heterocycles. The fourth-order valence-corrected chi connectivity index (χ4v) is 2.79. The Balaban J connectivity index is 1.78. The molecule has 1 atom stereocenters. The van der Waals surface area contributed by atoms with E-state index in [4.69, 9.17) is 25.7 Å². The molecule has 1 unspecified atom stereocenters. The van der Waals surface area contributed by atoms with Crippen LogP contribution in [0.5, 0.6) is 0 Å². The Morgan fingerprint density at radius 3 is 2.65 bits per heavy atom. The number of benzene rings is 1. The quantitative estimate of drug-likeness (QED) is 0.843. The molecular formula is C18H23ClN2O2. The first kappa shape index (κ1) is 16.5. The summed E-state index contributed by atoms with van der Waals surface area (Å²) in [6, 6.07) is 8.02. The second kappa shape index (κ2) is 6.63. The van der Waals surface area contributed by atoms with Gasteiger partial charge in [-0.05, 0) is 17.7 Å². The maximum Gasteiger partial charge on any atom is 0.214 e. The van der Waals surface area contributed by atoms with Gasteiger partial charge in [0.15, 0.2) is 0 Å². The van der Waals surface area contributed by atoms with Gasteiger partial charge in [0.2, 0.25) is 5.89 Å². The van der Waals surface area contributed by atoms with Crippen molar-refractivity contribution in [2.45, 2.75) is 38.8 Å². The predicted octanol–water partition coefficient (Wildman–Crippen LogP) is 4.20. The van der Waals surface area contributed by atoms with Crippen molar-refractivity contribution in [3.05, 3.63) is 52.7 Å². The molecule has 1 aromatic carbocycles. The second-order valence-electron chi connectivity index (χ2n) is 7.01. The van der Waals surface area contributed by atoms with Crippen LogP contribution in [0.3, 0.4) is 0 Å². The van der Waals surface area contributed by atoms with Crippen LogP contribution in [-0.4, -0.2) is 29.6 Å². The molecular weight excluding hydrogens is 312 g/mol. The number of halogens is 1. The first-order valence-electron chi connectivity index (χ1n) is 7.95. The van der Waals surface area contributed by atoms with Crippen LogP contribution >= 0.6 is 11.6 Å². The number of nitrogens with zero attached hydrogens (tertiary/aromatic N) is 2. The Morgan fingerprint density at radius 2 is 2.00 bits per heavy atom. The van der Waals surface area contributed by atoms with Crippen LogP contribution in [-0.2, 0) is 16.7 Å². The molecule has 23 heavy (non-hydrogen) atoms. The summed E-state index contributed by atoms with van der Waals surface area (Å²) in [7, 11) is 0. The summed E-state index contributed by atoms with van der Waals surface area (Å²) in [6.45, 7) is 9.44. The van der Waals surface area contributed by atoms with Gasteiger partial charge in [0.1, 0.15) is 12.3 Å². The Kier molecular flexibility index (Phi) is 4.76. The largest absolute Gasteiger partial charge is 0.447 e. The minimum absolute atomic E-state index is 0.0156. The van der Waals surface area contributed by atoms with Crippen LogP contribution in [0.4, 0.5) is 0 Å². The van der Waals surface area contributed by atoms with E-state index in [2.05, 4.69) is 37.8 Å². The van der Waals surface area contributed by atoms with E-state index in [1.54, 1.807) is 6.26 Å². The van der Waals surface area contributed by atoms with Crippen LogP contribution in [0.15, 0.2) is 34.9 Å². The zero-order chi connectivity index (χ0) is 16.4. The van der Waals surface area contributed by atoms with Gasteiger partial charge in [0.05, 0.1) is 18.9 Å². The molecule has 1 fully saturated rings. The molecule has 0 bridgehead atoms. The van der Waals surface area contributed by atoms with Crippen molar-refractivity contribution >= 4 is 11.6 Å². The SMILES string of the molecule is CC(C)(C)c1coc(C2COCCN2Cc2ccc(Cl)cc2)n1. The summed E-state index contributed by atoms with van der Waals surface area (Å²) in [5.41, 5.74) is 2.19. The van der Waals surface area contributed by atoms with Crippen molar-refractivity contribution in [2.75, 3.05) is 19.8 Å². The molecule has 124 valence electrons. The smallest absolute Gasteiger partial charge is 0.214 e. The Morgan fingerprint density at radius 1 is 1.26 bits per heavy atom. The summed E-state index contributed by atoms with van der Waals surface area (Å²) >= 11 is 5.97. The van der Waals surface area contributed by atoms with Crippen molar-refractivity contribution in [1.82, 2.24) is 9.88 Å². The fraction of sp³-hybridized carbons (Fsp3) is 0.500. The van der Waals surface area contributed by atoms with Gasteiger partial charge in [0, 0.05) is 23.5 Å². The average molecular weight is 335 g/mol. The zero-order valence-electron chi connectivity index (χ0n) is 13.9. The summed E-state index contributed by atoms with van der Waals surface area (Å²) in [6.07, 6.45) is 1.77. The molecule has 1 saturated heterocycles. The maximum absolute atomic E-state index is 5.97. The second-order valence-corrected chi connectivity index (χ2v) is 7.45. The summed E-state index contributed by atoms with van der Waals surface area (Å²) < 4.78 is 11.4. The molecule has 0 radical (unpaired) electrons. The van der Waals surface area contributed by atoms with Gasteiger partial charge < -0.3 is 9.15 Å². The lowest BCUT2D eigenvalue weighted by Gasteiger charge is -2.33. The predicted molar refractivity (Wildman–Crippen MR) is 90.6 cm³/mol. The third-order valence-electron chi connectivity index (χ3n) is 4.11. The summed E-state index contributed by atoms with van der Waals surface area (Å²) in [4.78, 5) is 7.05. The lowest BCUT2D eigenvalue weighted by molar-refractivity contribution is -0.0223. The van der Waals surface area contributed by atoms with Gasteiger partial charge in [-0.2, -0.15) is 0 Å². The van der Waals surface area contributed by atoms with Gasteiger partial charge in [-0.15, -0.1) is 0 Å². The summed E-state index contributed by atoms with van der Waals surface area (Å²) in [5, 5.41) is 0.759. The first-order valence-corrected chi connectivity index (χ1v) is 8.33. The number of hydrogen-bond donors (Lipinski definition) is 0. The Bertz CT molecular complexity index is 646. The van der Waals surface area contributed by atoms with E-state index in [1.807, 2.05) is 12.1 Å². The van der Waals surface area contributed by atoms with E-state index < -0.39 is 0 Å². The molecule has 4 nitrogen and oxygen atoms in total. The molecule has 1 aliphatic rings. The monoisotopic (exact) mass is 334 g/mol. The molecule has 0 spiro atoms. The fourth-order valence-electron chi connectivity index (χ4n) is 2.66. The molecule has 0 saturated carbocycles. The van der Waals surface area contributed by atoms with Crippen LogP contribution in [0.1, 0.15) is 44.0 Å². The van der Waals surface area contributed by atoms with E-state index >= 15 is 0 Å². The van der Waals surface area contributed by atoms with Gasteiger partial charge >= 0.3 is 0 Å². The van der Waals surface area contributed by atoms with Crippen LogP contribution in [0, 0.1) is 0 Å².